The molecule has 2 aromatic rings. The first-order valence-electron chi connectivity index (χ1n) is 6.29. The van der Waals surface area contributed by atoms with E-state index < -0.39 is 9.84 Å². The summed E-state index contributed by atoms with van der Waals surface area (Å²) in [5.74, 6) is 0. The Kier molecular flexibility index (Phi) is 3.96. The Labute approximate surface area is 131 Å². The summed E-state index contributed by atoms with van der Waals surface area (Å²) in [7, 11) is -3.35. The van der Waals surface area contributed by atoms with Crippen LogP contribution in [-0.4, -0.2) is 41.1 Å². The number of hydrogen-bond acceptors (Lipinski definition) is 7. The van der Waals surface area contributed by atoms with Gasteiger partial charge in [-0.3, -0.25) is 4.90 Å². The largest absolute Gasteiger partial charge is 0.293 e. The third kappa shape index (κ3) is 3.39. The minimum Gasteiger partial charge on any atom is -0.293 e. The molecule has 112 valence electrons. The fourth-order valence-electron chi connectivity index (χ4n) is 2.25. The highest BCUT2D eigenvalue weighted by Gasteiger charge is 2.21. The number of rotatable bonds is 3. The van der Waals surface area contributed by atoms with Crippen molar-refractivity contribution in [3.8, 4) is 0 Å². The molecule has 3 rings (SSSR count). The number of thiazole rings is 1. The smallest absolute Gasteiger partial charge is 0.246 e. The van der Waals surface area contributed by atoms with E-state index in [2.05, 4.69) is 19.9 Å². The van der Waals surface area contributed by atoms with Crippen LogP contribution in [0.2, 0.25) is 4.47 Å². The lowest BCUT2D eigenvalue weighted by molar-refractivity contribution is 0.244. The molecule has 21 heavy (non-hydrogen) atoms. The third-order valence-electron chi connectivity index (χ3n) is 3.23. The quantitative estimate of drug-likeness (QED) is 0.786. The molecule has 1 aliphatic heterocycles. The van der Waals surface area contributed by atoms with E-state index in [9.17, 15) is 8.42 Å². The van der Waals surface area contributed by atoms with E-state index in [0.29, 0.717) is 17.4 Å². The van der Waals surface area contributed by atoms with Crippen LogP contribution in [0.3, 0.4) is 0 Å². The van der Waals surface area contributed by atoms with E-state index in [1.54, 1.807) is 12.4 Å². The maximum Gasteiger partial charge on any atom is 0.246 e. The van der Waals surface area contributed by atoms with Crippen molar-refractivity contribution in [1.82, 2.24) is 19.9 Å². The van der Waals surface area contributed by atoms with E-state index in [4.69, 9.17) is 11.6 Å². The Morgan fingerprint density at radius 3 is 2.86 bits per heavy atom. The van der Waals surface area contributed by atoms with Gasteiger partial charge in [-0.05, 0) is 0 Å². The molecule has 6 nitrogen and oxygen atoms in total. The van der Waals surface area contributed by atoms with Crippen LogP contribution >= 0.6 is 22.9 Å². The monoisotopic (exact) mass is 344 g/mol. The number of fused-ring (bicyclic) bond motifs is 1. The van der Waals surface area contributed by atoms with Crippen molar-refractivity contribution in [3.63, 3.8) is 0 Å². The van der Waals surface area contributed by atoms with Crippen LogP contribution in [0.1, 0.15) is 16.1 Å². The van der Waals surface area contributed by atoms with Crippen molar-refractivity contribution in [2.24, 2.45) is 0 Å². The molecule has 2 aromatic heterocycles. The van der Waals surface area contributed by atoms with Crippen LogP contribution in [-0.2, 0) is 29.3 Å². The fourth-order valence-corrected chi connectivity index (χ4v) is 3.79. The highest BCUT2D eigenvalue weighted by molar-refractivity contribution is 7.90. The second-order valence-corrected chi connectivity index (χ2v) is 8.54. The van der Waals surface area contributed by atoms with Gasteiger partial charge in [0, 0.05) is 55.1 Å². The van der Waals surface area contributed by atoms with Gasteiger partial charge >= 0.3 is 0 Å². The Hall–Kier alpha value is -1.09. The van der Waals surface area contributed by atoms with E-state index in [1.807, 2.05) is 0 Å². The van der Waals surface area contributed by atoms with Crippen LogP contribution in [0.15, 0.2) is 17.6 Å². The first kappa shape index (κ1) is 14.8. The molecule has 0 amide bonds. The average Bonchev–Trinajstić information content (AvgIpc) is 2.82. The zero-order chi connectivity index (χ0) is 15.0. The van der Waals surface area contributed by atoms with Crippen molar-refractivity contribution in [2.45, 2.75) is 24.7 Å². The maximum absolute atomic E-state index is 11.5. The van der Waals surface area contributed by atoms with E-state index in [1.165, 1.54) is 11.3 Å². The van der Waals surface area contributed by atoms with E-state index >= 15 is 0 Å². The lowest BCUT2D eigenvalue weighted by Crippen LogP contribution is -2.31. The van der Waals surface area contributed by atoms with Gasteiger partial charge in [-0.1, -0.05) is 11.6 Å². The molecule has 0 spiro atoms. The van der Waals surface area contributed by atoms with Gasteiger partial charge in [-0.2, -0.15) is 0 Å². The Bertz CT molecular complexity index is 775. The molecule has 0 atom stereocenters. The standard InChI is InChI=1S/C12H13ClN4O2S2/c1-21(18,19)12-15-4-8-6-17(3-2-10(8)16-12)7-9-5-14-11(13)20-9/h4-5H,2-3,6-7H2,1H3. The second kappa shape index (κ2) is 5.60. The predicted octanol–water partition coefficient (Wildman–Crippen LogP) is 1.55. The van der Waals surface area contributed by atoms with Crippen molar-refractivity contribution >= 4 is 32.8 Å². The first-order chi connectivity index (χ1) is 9.91. The van der Waals surface area contributed by atoms with Crippen molar-refractivity contribution < 1.29 is 8.42 Å². The average molecular weight is 345 g/mol. The number of halogens is 1. The molecule has 0 aromatic carbocycles. The van der Waals surface area contributed by atoms with Gasteiger partial charge in [0.1, 0.15) is 0 Å². The molecule has 1 aliphatic rings. The lowest BCUT2D eigenvalue weighted by atomic mass is 10.1. The number of hydrogen-bond donors (Lipinski definition) is 0. The number of aromatic nitrogens is 3. The molecule has 0 saturated heterocycles. The molecule has 0 bridgehead atoms. The molecule has 3 heterocycles. The SMILES string of the molecule is CS(=O)(=O)c1ncc2c(n1)CCN(Cc1cnc(Cl)s1)C2. The van der Waals surface area contributed by atoms with Crippen LogP contribution in [0.4, 0.5) is 0 Å². The van der Waals surface area contributed by atoms with Crippen LogP contribution < -0.4 is 0 Å². The first-order valence-corrected chi connectivity index (χ1v) is 9.38. The Morgan fingerprint density at radius 1 is 1.38 bits per heavy atom. The van der Waals surface area contributed by atoms with Gasteiger partial charge in [0.2, 0.25) is 15.0 Å². The van der Waals surface area contributed by atoms with Crippen LogP contribution in [0.5, 0.6) is 0 Å². The minimum absolute atomic E-state index is 0.0936. The molecule has 0 radical (unpaired) electrons. The number of sulfone groups is 1. The summed E-state index contributed by atoms with van der Waals surface area (Å²) in [6.45, 7) is 2.30. The predicted molar refractivity (Wildman–Crippen MR) is 80.1 cm³/mol. The van der Waals surface area contributed by atoms with E-state index in [0.717, 1.165) is 35.5 Å². The maximum atomic E-state index is 11.5. The van der Waals surface area contributed by atoms with E-state index in [-0.39, 0.29) is 5.16 Å². The zero-order valence-electron chi connectivity index (χ0n) is 11.3. The minimum atomic E-state index is -3.35. The van der Waals surface area contributed by atoms with Gasteiger partial charge in [0.25, 0.3) is 0 Å². The van der Waals surface area contributed by atoms with Crippen LogP contribution in [0, 0.1) is 0 Å². The second-order valence-electron chi connectivity index (χ2n) is 4.94. The van der Waals surface area contributed by atoms with Crippen molar-refractivity contribution in [2.75, 3.05) is 12.8 Å². The molecule has 0 unspecified atom stereocenters. The lowest BCUT2D eigenvalue weighted by Gasteiger charge is -2.27. The fraction of sp³-hybridized carbons (Fsp3) is 0.417. The molecule has 9 heteroatoms. The summed E-state index contributed by atoms with van der Waals surface area (Å²) in [5, 5.41) is -0.0936. The molecular weight excluding hydrogens is 332 g/mol. The highest BCUT2D eigenvalue weighted by atomic mass is 35.5. The van der Waals surface area contributed by atoms with Crippen LogP contribution in [0.25, 0.3) is 0 Å². The summed E-state index contributed by atoms with van der Waals surface area (Å²) in [4.78, 5) is 15.5. The number of nitrogens with zero attached hydrogens (tertiary/aromatic N) is 4. The zero-order valence-corrected chi connectivity index (χ0v) is 13.7. The molecule has 0 saturated carbocycles. The van der Waals surface area contributed by atoms with Gasteiger partial charge < -0.3 is 0 Å². The van der Waals surface area contributed by atoms with Gasteiger partial charge in [-0.15, -0.1) is 11.3 Å². The Balaban J connectivity index is 1.77. The third-order valence-corrected chi connectivity index (χ3v) is 5.19. The normalized spacial score (nSPS) is 15.9. The summed E-state index contributed by atoms with van der Waals surface area (Å²) >= 11 is 7.30. The molecule has 0 fully saturated rings. The summed E-state index contributed by atoms with van der Waals surface area (Å²) in [5.41, 5.74) is 1.80. The van der Waals surface area contributed by atoms with Crippen molar-refractivity contribution in [3.05, 3.63) is 33.0 Å². The topological polar surface area (TPSA) is 76.1 Å². The Morgan fingerprint density at radius 2 is 2.19 bits per heavy atom. The van der Waals surface area contributed by atoms with Gasteiger partial charge in [-0.25, -0.2) is 23.4 Å². The molecule has 0 aliphatic carbocycles. The van der Waals surface area contributed by atoms with Crippen molar-refractivity contribution in [1.29, 1.82) is 0 Å². The molecular formula is C12H13ClN4O2S2. The summed E-state index contributed by atoms with van der Waals surface area (Å²) in [6, 6.07) is 0. The van der Waals surface area contributed by atoms with Gasteiger partial charge in [0.15, 0.2) is 4.47 Å². The highest BCUT2D eigenvalue weighted by Crippen LogP contribution is 2.23. The summed E-state index contributed by atoms with van der Waals surface area (Å²) < 4.78 is 23.5. The summed E-state index contributed by atoms with van der Waals surface area (Å²) in [6.07, 6.45) is 5.24. The molecule has 0 N–H and O–H groups in total. The van der Waals surface area contributed by atoms with Gasteiger partial charge in [0.05, 0.1) is 5.69 Å².